The smallest absolute Gasteiger partial charge is 0.125 e. The standard InChI is InChI=1S/C18H16N2S/c1-18(6-2-3-7-18)14-4-5-16-12(9-14)8-13-10-15(11-19)21-17(13)20-16/h4-5,8-10H,2-3,6-7H2,1H3. The van der Waals surface area contributed by atoms with Gasteiger partial charge < -0.3 is 0 Å². The highest BCUT2D eigenvalue weighted by molar-refractivity contribution is 7.19. The Bertz CT molecular complexity index is 879. The second-order valence-corrected chi connectivity index (χ2v) is 7.31. The third-order valence-electron chi connectivity index (χ3n) is 4.81. The van der Waals surface area contributed by atoms with Gasteiger partial charge in [-0.25, -0.2) is 4.98 Å². The molecule has 0 saturated heterocycles. The Morgan fingerprint density at radius 2 is 1.95 bits per heavy atom. The van der Waals surface area contributed by atoms with E-state index in [4.69, 9.17) is 10.2 Å². The Kier molecular flexibility index (Phi) is 2.77. The van der Waals surface area contributed by atoms with E-state index in [1.54, 1.807) is 0 Å². The Balaban J connectivity index is 1.90. The minimum Gasteiger partial charge on any atom is -0.237 e. The second kappa shape index (κ2) is 4.54. The molecule has 0 N–H and O–H groups in total. The molecule has 0 radical (unpaired) electrons. The Labute approximate surface area is 128 Å². The van der Waals surface area contributed by atoms with E-state index in [1.807, 2.05) is 6.07 Å². The summed E-state index contributed by atoms with van der Waals surface area (Å²) in [4.78, 5) is 6.39. The van der Waals surface area contributed by atoms with Crippen molar-refractivity contribution in [2.75, 3.05) is 0 Å². The first kappa shape index (κ1) is 12.8. The van der Waals surface area contributed by atoms with Crippen molar-refractivity contribution in [3.8, 4) is 6.07 Å². The third-order valence-corrected chi connectivity index (χ3v) is 5.76. The van der Waals surface area contributed by atoms with Gasteiger partial charge in [0.1, 0.15) is 15.8 Å². The summed E-state index contributed by atoms with van der Waals surface area (Å²) in [7, 11) is 0. The number of rotatable bonds is 1. The van der Waals surface area contributed by atoms with Crippen molar-refractivity contribution in [3.05, 3.63) is 40.8 Å². The number of nitrogens with zero attached hydrogens (tertiary/aromatic N) is 2. The van der Waals surface area contributed by atoms with E-state index < -0.39 is 0 Å². The molecule has 2 aromatic heterocycles. The van der Waals surface area contributed by atoms with Crippen LogP contribution >= 0.6 is 11.3 Å². The molecule has 2 nitrogen and oxygen atoms in total. The minimum atomic E-state index is 0.329. The molecule has 3 aromatic rings. The molecular formula is C18H16N2S. The maximum absolute atomic E-state index is 9.03. The van der Waals surface area contributed by atoms with Crippen LogP contribution in [-0.2, 0) is 5.41 Å². The van der Waals surface area contributed by atoms with Gasteiger partial charge in [-0.15, -0.1) is 11.3 Å². The summed E-state index contributed by atoms with van der Waals surface area (Å²) >= 11 is 1.47. The van der Waals surface area contributed by atoms with Crippen LogP contribution in [0.15, 0.2) is 30.3 Å². The second-order valence-electron chi connectivity index (χ2n) is 6.28. The van der Waals surface area contributed by atoms with E-state index in [0.29, 0.717) is 5.41 Å². The molecule has 2 heterocycles. The molecular weight excluding hydrogens is 276 g/mol. The van der Waals surface area contributed by atoms with Crippen LogP contribution in [0.3, 0.4) is 0 Å². The number of fused-ring (bicyclic) bond motifs is 2. The number of benzene rings is 1. The van der Waals surface area contributed by atoms with E-state index in [2.05, 4.69) is 37.3 Å². The first-order valence-electron chi connectivity index (χ1n) is 7.43. The van der Waals surface area contributed by atoms with Gasteiger partial charge >= 0.3 is 0 Å². The third kappa shape index (κ3) is 2.02. The predicted octanol–water partition coefficient (Wildman–Crippen LogP) is 5.15. The van der Waals surface area contributed by atoms with Gasteiger partial charge in [-0.3, -0.25) is 0 Å². The fraction of sp³-hybridized carbons (Fsp3) is 0.333. The van der Waals surface area contributed by atoms with Gasteiger partial charge in [0, 0.05) is 10.8 Å². The number of pyridine rings is 1. The van der Waals surface area contributed by atoms with Gasteiger partial charge in [-0.05, 0) is 48.1 Å². The zero-order valence-corrected chi connectivity index (χ0v) is 12.8. The molecule has 0 bridgehead atoms. The highest BCUT2D eigenvalue weighted by atomic mass is 32.1. The molecule has 1 fully saturated rings. The monoisotopic (exact) mass is 292 g/mol. The molecule has 0 atom stereocenters. The fourth-order valence-electron chi connectivity index (χ4n) is 3.51. The summed E-state index contributed by atoms with van der Waals surface area (Å²) in [5, 5.41) is 11.3. The zero-order chi connectivity index (χ0) is 14.4. The topological polar surface area (TPSA) is 36.7 Å². The van der Waals surface area contributed by atoms with Crippen LogP contribution in [0.5, 0.6) is 0 Å². The van der Waals surface area contributed by atoms with Crippen LogP contribution in [0.2, 0.25) is 0 Å². The van der Waals surface area contributed by atoms with E-state index >= 15 is 0 Å². The van der Waals surface area contributed by atoms with Crippen molar-refractivity contribution < 1.29 is 0 Å². The first-order valence-corrected chi connectivity index (χ1v) is 8.25. The largest absolute Gasteiger partial charge is 0.237 e. The molecule has 0 spiro atoms. The van der Waals surface area contributed by atoms with Crippen molar-refractivity contribution in [3.63, 3.8) is 0 Å². The Morgan fingerprint density at radius 3 is 2.71 bits per heavy atom. The summed E-state index contributed by atoms with van der Waals surface area (Å²) in [5.74, 6) is 0. The highest BCUT2D eigenvalue weighted by Crippen LogP contribution is 2.41. The molecule has 3 heteroatoms. The average Bonchev–Trinajstić information content (AvgIpc) is 3.10. The van der Waals surface area contributed by atoms with E-state index in [9.17, 15) is 0 Å². The number of hydrogen-bond acceptors (Lipinski definition) is 3. The van der Waals surface area contributed by atoms with Crippen LogP contribution < -0.4 is 0 Å². The van der Waals surface area contributed by atoms with Gasteiger partial charge in [0.2, 0.25) is 0 Å². The first-order chi connectivity index (χ1) is 10.2. The zero-order valence-electron chi connectivity index (χ0n) is 12.0. The molecule has 0 aliphatic heterocycles. The number of thiophene rings is 1. The van der Waals surface area contributed by atoms with Gasteiger partial charge in [0.15, 0.2) is 0 Å². The minimum absolute atomic E-state index is 0.329. The van der Waals surface area contributed by atoms with Crippen LogP contribution in [0.25, 0.3) is 21.1 Å². The van der Waals surface area contributed by atoms with Crippen molar-refractivity contribution in [1.29, 1.82) is 5.26 Å². The molecule has 104 valence electrons. The van der Waals surface area contributed by atoms with E-state index in [-0.39, 0.29) is 0 Å². The van der Waals surface area contributed by atoms with Crippen molar-refractivity contribution in [2.45, 2.75) is 38.0 Å². The summed E-state index contributed by atoms with van der Waals surface area (Å²) in [6.07, 6.45) is 5.24. The van der Waals surface area contributed by atoms with Crippen LogP contribution in [0, 0.1) is 11.3 Å². The normalized spacial score (nSPS) is 17.3. The summed E-state index contributed by atoms with van der Waals surface area (Å²) in [6, 6.07) is 13.0. The predicted molar refractivity (Wildman–Crippen MR) is 87.7 cm³/mol. The Hall–Kier alpha value is -1.92. The highest BCUT2D eigenvalue weighted by Gasteiger charge is 2.30. The van der Waals surface area contributed by atoms with Crippen molar-refractivity contribution in [2.24, 2.45) is 0 Å². The van der Waals surface area contributed by atoms with Gasteiger partial charge in [0.05, 0.1) is 5.52 Å². The van der Waals surface area contributed by atoms with E-state index in [1.165, 1.54) is 48.0 Å². The lowest BCUT2D eigenvalue weighted by atomic mass is 9.80. The van der Waals surface area contributed by atoms with Crippen molar-refractivity contribution in [1.82, 2.24) is 4.98 Å². The van der Waals surface area contributed by atoms with Gasteiger partial charge in [-0.1, -0.05) is 25.8 Å². The lowest BCUT2D eigenvalue weighted by Gasteiger charge is -2.24. The Morgan fingerprint density at radius 1 is 1.14 bits per heavy atom. The number of nitriles is 1. The maximum Gasteiger partial charge on any atom is 0.125 e. The van der Waals surface area contributed by atoms with Gasteiger partial charge in [0.25, 0.3) is 0 Å². The lowest BCUT2D eigenvalue weighted by Crippen LogP contribution is -2.16. The van der Waals surface area contributed by atoms with Crippen LogP contribution in [0.4, 0.5) is 0 Å². The van der Waals surface area contributed by atoms with Crippen LogP contribution in [0.1, 0.15) is 43.0 Å². The number of aromatic nitrogens is 1. The molecule has 0 unspecified atom stereocenters. The lowest BCUT2D eigenvalue weighted by molar-refractivity contribution is 0.492. The molecule has 1 aliphatic rings. The van der Waals surface area contributed by atoms with Crippen molar-refractivity contribution >= 4 is 32.5 Å². The quantitative estimate of drug-likeness (QED) is 0.621. The molecule has 1 aromatic carbocycles. The van der Waals surface area contributed by atoms with E-state index in [0.717, 1.165) is 20.6 Å². The fourth-order valence-corrected chi connectivity index (χ4v) is 4.33. The molecule has 0 amide bonds. The maximum atomic E-state index is 9.03. The number of hydrogen-bond donors (Lipinski definition) is 0. The SMILES string of the molecule is CC1(c2ccc3nc4sc(C#N)cc4cc3c2)CCCC1. The van der Waals surface area contributed by atoms with Crippen LogP contribution in [-0.4, -0.2) is 4.98 Å². The summed E-state index contributed by atoms with van der Waals surface area (Å²) < 4.78 is 0. The molecule has 21 heavy (non-hydrogen) atoms. The van der Waals surface area contributed by atoms with Gasteiger partial charge in [-0.2, -0.15) is 5.26 Å². The average molecular weight is 292 g/mol. The summed E-state index contributed by atoms with van der Waals surface area (Å²) in [5.41, 5.74) is 2.79. The summed E-state index contributed by atoms with van der Waals surface area (Å²) in [6.45, 7) is 2.38. The molecule has 1 aliphatic carbocycles. The molecule has 1 saturated carbocycles. The molecule has 4 rings (SSSR count).